The molecule has 0 aliphatic carbocycles. The summed E-state index contributed by atoms with van der Waals surface area (Å²) in [6, 6.07) is 0. The fourth-order valence-electron chi connectivity index (χ4n) is 1.05. The predicted octanol–water partition coefficient (Wildman–Crippen LogP) is 1.20. The molecule has 0 saturated carbocycles. The van der Waals surface area contributed by atoms with E-state index in [1.165, 1.54) is 0 Å². The lowest BCUT2D eigenvalue weighted by atomic mass is 10.2. The lowest BCUT2D eigenvalue weighted by molar-refractivity contribution is 0.579. The highest BCUT2D eigenvalue weighted by Gasteiger charge is 2.14. The Hall–Kier alpha value is -0.530. The standard InChI is InChI=1S/C11H21NO2S/c1-4-5-6-7-8-12-9-10-15(13,14)11(2)3/h1,11-12H,5-10H2,2-3H3. The summed E-state index contributed by atoms with van der Waals surface area (Å²) in [6.07, 6.45) is 7.91. The summed E-state index contributed by atoms with van der Waals surface area (Å²) in [7, 11) is -2.89. The van der Waals surface area contributed by atoms with E-state index in [4.69, 9.17) is 6.42 Å². The Morgan fingerprint density at radius 2 is 1.93 bits per heavy atom. The minimum absolute atomic E-state index is 0.222. The Morgan fingerprint density at radius 1 is 1.27 bits per heavy atom. The van der Waals surface area contributed by atoms with Crippen LogP contribution in [-0.4, -0.2) is 32.5 Å². The van der Waals surface area contributed by atoms with Crippen LogP contribution in [0.5, 0.6) is 0 Å². The van der Waals surface area contributed by atoms with Crippen molar-refractivity contribution < 1.29 is 8.42 Å². The summed E-state index contributed by atoms with van der Waals surface area (Å²) in [4.78, 5) is 0. The maximum absolute atomic E-state index is 11.4. The number of nitrogens with one attached hydrogen (secondary N) is 1. The van der Waals surface area contributed by atoms with Gasteiger partial charge in [-0.25, -0.2) is 8.42 Å². The molecule has 0 radical (unpaired) electrons. The summed E-state index contributed by atoms with van der Waals surface area (Å²) < 4.78 is 22.8. The molecule has 1 N–H and O–H groups in total. The van der Waals surface area contributed by atoms with E-state index in [0.29, 0.717) is 6.54 Å². The molecule has 0 aromatic rings. The summed E-state index contributed by atoms with van der Waals surface area (Å²) in [5.74, 6) is 2.80. The highest BCUT2D eigenvalue weighted by Crippen LogP contribution is 1.99. The molecule has 0 unspecified atom stereocenters. The van der Waals surface area contributed by atoms with Gasteiger partial charge < -0.3 is 5.32 Å². The van der Waals surface area contributed by atoms with E-state index >= 15 is 0 Å². The van der Waals surface area contributed by atoms with Gasteiger partial charge in [-0.05, 0) is 33.2 Å². The van der Waals surface area contributed by atoms with Crippen LogP contribution in [0, 0.1) is 12.3 Å². The first-order chi connectivity index (χ1) is 7.00. The molecule has 0 aliphatic heterocycles. The largest absolute Gasteiger partial charge is 0.316 e. The zero-order valence-electron chi connectivity index (χ0n) is 9.62. The lowest BCUT2D eigenvalue weighted by Gasteiger charge is -2.08. The topological polar surface area (TPSA) is 46.2 Å². The van der Waals surface area contributed by atoms with Crippen molar-refractivity contribution in [3.8, 4) is 12.3 Å². The zero-order valence-corrected chi connectivity index (χ0v) is 10.4. The number of hydrogen-bond acceptors (Lipinski definition) is 3. The molecule has 0 aromatic carbocycles. The molecule has 0 aromatic heterocycles. The first-order valence-electron chi connectivity index (χ1n) is 5.36. The van der Waals surface area contributed by atoms with E-state index in [1.54, 1.807) is 13.8 Å². The molecule has 0 aliphatic rings. The summed E-state index contributed by atoms with van der Waals surface area (Å²) >= 11 is 0. The fourth-order valence-corrected chi connectivity index (χ4v) is 1.95. The van der Waals surface area contributed by atoms with Crippen molar-refractivity contribution in [2.24, 2.45) is 0 Å². The monoisotopic (exact) mass is 231 g/mol. The summed E-state index contributed by atoms with van der Waals surface area (Å²) in [6.45, 7) is 4.80. The third-order valence-corrected chi connectivity index (χ3v) is 4.42. The first-order valence-corrected chi connectivity index (χ1v) is 7.08. The average molecular weight is 231 g/mol. The van der Waals surface area contributed by atoms with E-state index in [2.05, 4.69) is 11.2 Å². The third-order valence-electron chi connectivity index (χ3n) is 2.21. The highest BCUT2D eigenvalue weighted by molar-refractivity contribution is 7.92. The molecule has 0 bridgehead atoms. The SMILES string of the molecule is C#CCCCCNCCS(=O)(=O)C(C)C. The van der Waals surface area contributed by atoms with Gasteiger partial charge in [-0.1, -0.05) is 0 Å². The van der Waals surface area contributed by atoms with Crippen LogP contribution >= 0.6 is 0 Å². The van der Waals surface area contributed by atoms with Crippen molar-refractivity contribution in [3.63, 3.8) is 0 Å². The van der Waals surface area contributed by atoms with Gasteiger partial charge in [-0.2, -0.15) is 0 Å². The van der Waals surface area contributed by atoms with Crippen LogP contribution in [0.2, 0.25) is 0 Å². The van der Waals surface area contributed by atoms with Gasteiger partial charge in [0.2, 0.25) is 0 Å². The molecule has 0 saturated heterocycles. The van der Waals surface area contributed by atoms with Gasteiger partial charge in [-0.3, -0.25) is 0 Å². The van der Waals surface area contributed by atoms with E-state index < -0.39 is 9.84 Å². The molecule has 15 heavy (non-hydrogen) atoms. The molecule has 0 fully saturated rings. The Bertz CT molecular complexity index is 288. The molecule has 3 nitrogen and oxygen atoms in total. The van der Waals surface area contributed by atoms with Gasteiger partial charge in [-0.15, -0.1) is 12.3 Å². The number of terminal acetylenes is 1. The molecule has 0 spiro atoms. The normalized spacial score (nSPS) is 11.6. The second-order valence-corrected chi connectivity index (χ2v) is 6.50. The van der Waals surface area contributed by atoms with Gasteiger partial charge in [0.05, 0.1) is 11.0 Å². The van der Waals surface area contributed by atoms with Gasteiger partial charge in [0, 0.05) is 13.0 Å². The minimum Gasteiger partial charge on any atom is -0.316 e. The van der Waals surface area contributed by atoms with Crippen LogP contribution in [0.3, 0.4) is 0 Å². The Labute approximate surface area is 93.6 Å². The first kappa shape index (κ1) is 14.5. The van der Waals surface area contributed by atoms with Crippen LogP contribution in [-0.2, 0) is 9.84 Å². The van der Waals surface area contributed by atoms with Crippen LogP contribution in [0.4, 0.5) is 0 Å². The Morgan fingerprint density at radius 3 is 2.47 bits per heavy atom. The predicted molar refractivity (Wildman–Crippen MR) is 64.5 cm³/mol. The van der Waals surface area contributed by atoms with Gasteiger partial charge in [0.25, 0.3) is 0 Å². The van der Waals surface area contributed by atoms with E-state index in [1.807, 2.05) is 0 Å². The molecular weight excluding hydrogens is 210 g/mol. The van der Waals surface area contributed by atoms with Crippen molar-refractivity contribution in [2.75, 3.05) is 18.8 Å². The number of unbranched alkanes of at least 4 members (excludes halogenated alkanes) is 2. The van der Waals surface area contributed by atoms with Crippen LogP contribution in [0.25, 0.3) is 0 Å². The maximum Gasteiger partial charge on any atom is 0.153 e. The summed E-state index contributed by atoms with van der Waals surface area (Å²) in [5, 5.41) is 2.83. The van der Waals surface area contributed by atoms with E-state index in [0.717, 1.165) is 25.8 Å². The Kier molecular flexibility index (Phi) is 7.45. The fraction of sp³-hybridized carbons (Fsp3) is 0.818. The van der Waals surface area contributed by atoms with Gasteiger partial charge in [0.15, 0.2) is 9.84 Å². The van der Waals surface area contributed by atoms with Gasteiger partial charge >= 0.3 is 0 Å². The highest BCUT2D eigenvalue weighted by atomic mass is 32.2. The van der Waals surface area contributed by atoms with Crippen molar-refractivity contribution in [2.45, 2.75) is 38.4 Å². The van der Waals surface area contributed by atoms with Crippen molar-refractivity contribution >= 4 is 9.84 Å². The van der Waals surface area contributed by atoms with Crippen molar-refractivity contribution in [3.05, 3.63) is 0 Å². The minimum atomic E-state index is -2.89. The lowest BCUT2D eigenvalue weighted by Crippen LogP contribution is -2.27. The van der Waals surface area contributed by atoms with Gasteiger partial charge in [0.1, 0.15) is 0 Å². The zero-order chi connectivity index (χ0) is 11.7. The van der Waals surface area contributed by atoms with E-state index in [9.17, 15) is 8.42 Å². The molecule has 0 atom stereocenters. The number of rotatable bonds is 8. The van der Waals surface area contributed by atoms with Crippen LogP contribution in [0.15, 0.2) is 0 Å². The second kappa shape index (κ2) is 7.72. The van der Waals surface area contributed by atoms with Crippen molar-refractivity contribution in [1.82, 2.24) is 5.32 Å². The maximum atomic E-state index is 11.4. The molecule has 0 amide bonds. The quantitative estimate of drug-likeness (QED) is 0.504. The Balaban J connectivity index is 3.44. The molecule has 0 heterocycles. The second-order valence-electron chi connectivity index (χ2n) is 3.83. The third kappa shape index (κ3) is 7.40. The average Bonchev–Trinajstić information content (AvgIpc) is 2.16. The molecule has 4 heteroatoms. The van der Waals surface area contributed by atoms with Crippen molar-refractivity contribution in [1.29, 1.82) is 0 Å². The van der Waals surface area contributed by atoms with Crippen LogP contribution in [0.1, 0.15) is 33.1 Å². The molecule has 0 rings (SSSR count). The molecular formula is C11H21NO2S. The number of sulfone groups is 1. The number of hydrogen-bond donors (Lipinski definition) is 1. The summed E-state index contributed by atoms with van der Waals surface area (Å²) in [5.41, 5.74) is 0. The van der Waals surface area contributed by atoms with E-state index in [-0.39, 0.29) is 11.0 Å². The smallest absolute Gasteiger partial charge is 0.153 e. The molecule has 88 valence electrons. The van der Waals surface area contributed by atoms with Crippen LogP contribution < -0.4 is 5.32 Å².